The lowest BCUT2D eigenvalue weighted by Gasteiger charge is -2.26. The summed E-state index contributed by atoms with van der Waals surface area (Å²) in [4.78, 5) is 25.0. The molecule has 5 nitrogen and oxygen atoms in total. The van der Waals surface area contributed by atoms with Crippen LogP contribution in [0.15, 0.2) is 0 Å². The van der Waals surface area contributed by atoms with E-state index in [4.69, 9.17) is 10.8 Å². The van der Waals surface area contributed by atoms with Gasteiger partial charge in [0.2, 0.25) is 5.91 Å². The Bertz CT molecular complexity index is 331. The van der Waals surface area contributed by atoms with Crippen LogP contribution in [0.1, 0.15) is 40.0 Å². The molecule has 1 saturated heterocycles. The molecule has 1 aliphatic rings. The third kappa shape index (κ3) is 4.20. The van der Waals surface area contributed by atoms with Crippen LogP contribution in [0, 0.1) is 17.8 Å². The number of rotatable bonds is 6. The summed E-state index contributed by atoms with van der Waals surface area (Å²) in [5, 5.41) is 9.07. The van der Waals surface area contributed by atoms with Crippen molar-refractivity contribution in [3.05, 3.63) is 0 Å². The first-order valence-corrected chi connectivity index (χ1v) is 7.09. The summed E-state index contributed by atoms with van der Waals surface area (Å²) in [6.07, 6.45) is 1.93. The van der Waals surface area contributed by atoms with Crippen LogP contribution in [0.3, 0.4) is 0 Å². The second kappa shape index (κ2) is 6.89. The molecule has 0 aromatic rings. The minimum Gasteiger partial charge on any atom is -0.481 e. The van der Waals surface area contributed by atoms with Crippen molar-refractivity contribution in [3.8, 4) is 0 Å². The molecule has 0 aliphatic carbocycles. The Kier molecular flexibility index (Phi) is 5.79. The molecule has 0 aromatic carbocycles. The molecule has 1 fully saturated rings. The fourth-order valence-electron chi connectivity index (χ4n) is 2.92. The average Bonchev–Trinajstić information content (AvgIpc) is 2.69. The summed E-state index contributed by atoms with van der Waals surface area (Å²) in [5.74, 6) is -0.467. The number of carboxylic acids is 1. The predicted molar refractivity (Wildman–Crippen MR) is 73.5 cm³/mol. The summed E-state index contributed by atoms with van der Waals surface area (Å²) in [5.41, 5.74) is 5.71. The van der Waals surface area contributed by atoms with E-state index in [-0.39, 0.29) is 17.9 Å². The van der Waals surface area contributed by atoms with E-state index in [1.165, 1.54) is 0 Å². The molecule has 0 bridgehead atoms. The number of nitrogens with two attached hydrogens (primary N) is 1. The quantitative estimate of drug-likeness (QED) is 0.762. The summed E-state index contributed by atoms with van der Waals surface area (Å²) in [7, 11) is 0. The van der Waals surface area contributed by atoms with Gasteiger partial charge in [0.15, 0.2) is 0 Å². The van der Waals surface area contributed by atoms with Gasteiger partial charge in [0.05, 0.1) is 5.92 Å². The lowest BCUT2D eigenvalue weighted by atomic mass is 9.93. The molecule has 0 saturated carbocycles. The van der Waals surface area contributed by atoms with E-state index in [0.29, 0.717) is 31.8 Å². The highest BCUT2D eigenvalue weighted by Crippen LogP contribution is 2.26. The zero-order valence-corrected chi connectivity index (χ0v) is 12.1. The molecule has 0 spiro atoms. The van der Waals surface area contributed by atoms with E-state index >= 15 is 0 Å². The van der Waals surface area contributed by atoms with Crippen LogP contribution in [0.5, 0.6) is 0 Å². The summed E-state index contributed by atoms with van der Waals surface area (Å²) < 4.78 is 0. The largest absolute Gasteiger partial charge is 0.481 e. The van der Waals surface area contributed by atoms with Crippen molar-refractivity contribution in [1.82, 2.24) is 4.90 Å². The van der Waals surface area contributed by atoms with E-state index in [2.05, 4.69) is 13.8 Å². The van der Waals surface area contributed by atoms with Gasteiger partial charge in [-0.3, -0.25) is 9.59 Å². The highest BCUT2D eigenvalue weighted by Gasteiger charge is 2.38. The topological polar surface area (TPSA) is 83.6 Å². The Labute approximate surface area is 115 Å². The van der Waals surface area contributed by atoms with Gasteiger partial charge in [0, 0.05) is 19.0 Å². The number of carbonyl (C=O) groups excluding carboxylic acids is 1. The van der Waals surface area contributed by atoms with E-state index in [9.17, 15) is 9.59 Å². The molecule has 2 unspecified atom stereocenters. The first kappa shape index (κ1) is 16.0. The number of hydrogen-bond acceptors (Lipinski definition) is 3. The molecule has 110 valence electrons. The maximum Gasteiger partial charge on any atom is 0.308 e. The molecular weight excluding hydrogens is 244 g/mol. The predicted octanol–water partition coefficient (Wildman–Crippen LogP) is 1.32. The average molecular weight is 270 g/mol. The van der Waals surface area contributed by atoms with Crippen molar-refractivity contribution in [2.24, 2.45) is 23.5 Å². The standard InChI is InChI=1S/C14H26N2O3/c1-9(2)6-11(8-15)7-13(17)16-5-4-12(10(16)3)14(18)19/h9-12H,4-8,15H2,1-3H3,(H,18,19)/t10?,11-,12?/m0/s1. The van der Waals surface area contributed by atoms with Crippen molar-refractivity contribution in [1.29, 1.82) is 0 Å². The van der Waals surface area contributed by atoms with Gasteiger partial charge < -0.3 is 15.7 Å². The highest BCUT2D eigenvalue weighted by molar-refractivity contribution is 5.79. The maximum absolute atomic E-state index is 12.3. The fraction of sp³-hybridized carbons (Fsp3) is 0.857. The van der Waals surface area contributed by atoms with E-state index in [1.807, 2.05) is 6.92 Å². The van der Waals surface area contributed by atoms with Crippen LogP contribution in [-0.4, -0.2) is 41.0 Å². The molecule has 0 radical (unpaired) electrons. The lowest BCUT2D eigenvalue weighted by molar-refractivity contribution is -0.143. The number of amides is 1. The van der Waals surface area contributed by atoms with Gasteiger partial charge in [-0.25, -0.2) is 0 Å². The molecular formula is C14H26N2O3. The van der Waals surface area contributed by atoms with Crippen LogP contribution in [0.2, 0.25) is 0 Å². The fourth-order valence-corrected chi connectivity index (χ4v) is 2.92. The molecule has 1 aliphatic heterocycles. The van der Waals surface area contributed by atoms with Gasteiger partial charge in [0.1, 0.15) is 0 Å². The first-order valence-electron chi connectivity index (χ1n) is 7.09. The summed E-state index contributed by atoms with van der Waals surface area (Å²) in [6.45, 7) is 7.12. The monoisotopic (exact) mass is 270 g/mol. The van der Waals surface area contributed by atoms with Gasteiger partial charge in [-0.05, 0) is 38.1 Å². The third-order valence-corrected chi connectivity index (χ3v) is 3.99. The maximum atomic E-state index is 12.3. The minimum atomic E-state index is -0.805. The van der Waals surface area contributed by atoms with Crippen molar-refractivity contribution in [2.45, 2.75) is 46.1 Å². The van der Waals surface area contributed by atoms with Crippen LogP contribution in [-0.2, 0) is 9.59 Å². The molecule has 1 rings (SSSR count). The van der Waals surface area contributed by atoms with Gasteiger partial charge in [-0.1, -0.05) is 13.8 Å². The Balaban J connectivity index is 2.56. The lowest BCUT2D eigenvalue weighted by Crippen LogP contribution is -2.39. The van der Waals surface area contributed by atoms with Crippen molar-refractivity contribution >= 4 is 11.9 Å². The third-order valence-electron chi connectivity index (χ3n) is 3.99. The van der Waals surface area contributed by atoms with E-state index in [1.54, 1.807) is 4.90 Å². The van der Waals surface area contributed by atoms with E-state index in [0.717, 1.165) is 6.42 Å². The van der Waals surface area contributed by atoms with E-state index < -0.39 is 11.9 Å². The van der Waals surface area contributed by atoms with Crippen molar-refractivity contribution in [2.75, 3.05) is 13.1 Å². The first-order chi connectivity index (χ1) is 8.86. The highest BCUT2D eigenvalue weighted by atomic mass is 16.4. The summed E-state index contributed by atoms with van der Waals surface area (Å²) in [6, 6.07) is -0.206. The zero-order chi connectivity index (χ0) is 14.6. The molecule has 3 N–H and O–H groups in total. The number of carbonyl (C=O) groups is 2. The molecule has 5 heteroatoms. The van der Waals surface area contributed by atoms with Gasteiger partial charge >= 0.3 is 5.97 Å². The Morgan fingerprint density at radius 3 is 2.47 bits per heavy atom. The minimum absolute atomic E-state index is 0.0485. The number of hydrogen-bond donors (Lipinski definition) is 2. The molecule has 0 aromatic heterocycles. The van der Waals surface area contributed by atoms with Gasteiger partial charge in [-0.15, -0.1) is 0 Å². The second-order valence-corrected chi connectivity index (χ2v) is 6.00. The normalized spacial score (nSPS) is 24.8. The second-order valence-electron chi connectivity index (χ2n) is 6.00. The van der Waals surface area contributed by atoms with Crippen LogP contribution >= 0.6 is 0 Å². The van der Waals surface area contributed by atoms with Crippen LogP contribution < -0.4 is 5.73 Å². The Morgan fingerprint density at radius 2 is 2.05 bits per heavy atom. The molecule has 3 atom stereocenters. The van der Waals surface area contributed by atoms with Crippen LogP contribution in [0.4, 0.5) is 0 Å². The zero-order valence-electron chi connectivity index (χ0n) is 12.1. The molecule has 1 heterocycles. The van der Waals surface area contributed by atoms with Gasteiger partial charge in [-0.2, -0.15) is 0 Å². The van der Waals surface area contributed by atoms with Crippen molar-refractivity contribution in [3.63, 3.8) is 0 Å². The number of likely N-dealkylation sites (tertiary alicyclic amines) is 1. The number of carboxylic acid groups (broad SMARTS) is 1. The summed E-state index contributed by atoms with van der Waals surface area (Å²) >= 11 is 0. The van der Waals surface area contributed by atoms with Crippen LogP contribution in [0.25, 0.3) is 0 Å². The number of aliphatic carboxylic acids is 1. The number of nitrogens with zero attached hydrogens (tertiary/aromatic N) is 1. The molecule has 19 heavy (non-hydrogen) atoms. The van der Waals surface area contributed by atoms with Crippen molar-refractivity contribution < 1.29 is 14.7 Å². The SMILES string of the molecule is CC(C)C[C@H](CN)CC(=O)N1CCC(C(=O)O)C1C. The Morgan fingerprint density at radius 1 is 1.42 bits per heavy atom. The Hall–Kier alpha value is -1.10. The van der Waals surface area contributed by atoms with Gasteiger partial charge in [0.25, 0.3) is 0 Å². The molecule has 1 amide bonds. The smallest absolute Gasteiger partial charge is 0.308 e.